The van der Waals surface area contributed by atoms with Crippen molar-refractivity contribution in [1.82, 2.24) is 10.2 Å². The van der Waals surface area contributed by atoms with E-state index in [0.717, 1.165) is 44.3 Å². The van der Waals surface area contributed by atoms with E-state index >= 15 is 4.39 Å². The van der Waals surface area contributed by atoms with E-state index in [1.165, 1.54) is 6.07 Å². The number of ether oxygens (including phenoxy) is 1. The Hall–Kier alpha value is -3.15. The Morgan fingerprint density at radius 3 is 2.72 bits per heavy atom. The maximum atomic E-state index is 15.2. The summed E-state index contributed by atoms with van der Waals surface area (Å²) in [5.74, 6) is -0.692. The summed E-state index contributed by atoms with van der Waals surface area (Å²) < 4.78 is 20.8. The first-order valence-electron chi connectivity index (χ1n) is 14.3. The maximum absolute atomic E-state index is 15.2. The van der Waals surface area contributed by atoms with Gasteiger partial charge >= 0.3 is 6.09 Å². The summed E-state index contributed by atoms with van der Waals surface area (Å²) in [5.41, 5.74) is 0.522. The van der Waals surface area contributed by atoms with E-state index in [9.17, 15) is 19.6 Å². The van der Waals surface area contributed by atoms with Crippen molar-refractivity contribution in [3.05, 3.63) is 29.6 Å². The Morgan fingerprint density at radius 1 is 1.21 bits per heavy atom. The number of amides is 2. The van der Waals surface area contributed by atoms with Crippen LogP contribution in [0.4, 0.5) is 14.9 Å². The fraction of sp³-hybridized carbons (Fsp3) is 0.667. The maximum Gasteiger partial charge on any atom is 0.411 e. The molecule has 3 aliphatic heterocycles. The molecule has 1 aliphatic carbocycles. The number of anilines is 1. The Kier molecular flexibility index (Phi) is 7.58. The number of hydrogen-bond acceptors (Lipinski definition) is 6. The van der Waals surface area contributed by atoms with Crippen molar-refractivity contribution in [2.45, 2.75) is 83.4 Å². The molecule has 3 heterocycles. The van der Waals surface area contributed by atoms with Gasteiger partial charge in [-0.1, -0.05) is 6.07 Å². The first-order chi connectivity index (χ1) is 18.5. The molecule has 9 heteroatoms. The van der Waals surface area contributed by atoms with Crippen molar-refractivity contribution in [3.8, 4) is 6.07 Å². The van der Waals surface area contributed by atoms with Gasteiger partial charge in [-0.25, -0.2) is 9.18 Å². The first kappa shape index (κ1) is 27.4. The van der Waals surface area contributed by atoms with Crippen molar-refractivity contribution in [1.29, 1.82) is 5.26 Å². The van der Waals surface area contributed by atoms with Gasteiger partial charge in [-0.15, -0.1) is 0 Å². The smallest absolute Gasteiger partial charge is 0.411 e. The molecule has 4 fully saturated rings. The van der Waals surface area contributed by atoms with Crippen LogP contribution < -0.4 is 10.2 Å². The summed E-state index contributed by atoms with van der Waals surface area (Å²) >= 11 is 0. The number of benzene rings is 1. The van der Waals surface area contributed by atoms with Crippen LogP contribution in [-0.2, 0) is 20.7 Å². The number of rotatable bonds is 6. The second kappa shape index (κ2) is 10.8. The van der Waals surface area contributed by atoms with Crippen LogP contribution in [0, 0.1) is 40.8 Å². The average molecular weight is 539 g/mol. The zero-order chi connectivity index (χ0) is 27.9. The molecule has 4 aliphatic rings. The van der Waals surface area contributed by atoms with Gasteiger partial charge in [0.25, 0.3) is 0 Å². The number of piperidine rings is 3. The number of fused-ring (bicyclic) bond motifs is 3. The molecule has 8 nitrogen and oxygen atoms in total. The zero-order valence-electron chi connectivity index (χ0n) is 23.1. The Labute approximate surface area is 229 Å². The molecule has 2 amide bonds. The number of carbonyl (C=O) groups excluding carboxylic acids is 3. The van der Waals surface area contributed by atoms with Gasteiger partial charge in [0.15, 0.2) is 5.78 Å². The SMILES string of the molecule is CC(C)(C)OC(=O)N1[C@@H]2CC[C@@H](C2)[C@H]1C(=O)C[C@H](C#N)Cc1ccc(N2CCC3C(=O)NCCC3C2)cc1F. The molecule has 1 aromatic carbocycles. The van der Waals surface area contributed by atoms with E-state index in [-0.39, 0.29) is 54.1 Å². The van der Waals surface area contributed by atoms with Crippen molar-refractivity contribution in [2.24, 2.45) is 23.7 Å². The molecule has 2 bridgehead atoms. The average Bonchev–Trinajstić information content (AvgIpc) is 3.50. The number of nitrogens with zero attached hydrogens (tertiary/aromatic N) is 3. The lowest BCUT2D eigenvalue weighted by Crippen LogP contribution is -2.51. The Balaban J connectivity index is 1.22. The van der Waals surface area contributed by atoms with Crippen molar-refractivity contribution < 1.29 is 23.5 Å². The molecule has 5 rings (SSSR count). The predicted molar refractivity (Wildman–Crippen MR) is 143 cm³/mol. The van der Waals surface area contributed by atoms with Crippen molar-refractivity contribution in [2.75, 3.05) is 24.5 Å². The third kappa shape index (κ3) is 5.75. The van der Waals surface area contributed by atoms with E-state index in [2.05, 4.69) is 16.3 Å². The topological polar surface area (TPSA) is 103 Å². The third-order valence-corrected chi connectivity index (χ3v) is 8.90. The first-order valence-corrected chi connectivity index (χ1v) is 14.3. The number of hydrogen-bond donors (Lipinski definition) is 1. The molecule has 3 saturated heterocycles. The van der Waals surface area contributed by atoms with Gasteiger partial charge < -0.3 is 15.0 Å². The van der Waals surface area contributed by atoms with Gasteiger partial charge in [0.05, 0.1) is 18.0 Å². The largest absolute Gasteiger partial charge is 0.444 e. The third-order valence-electron chi connectivity index (χ3n) is 8.90. The number of carbonyl (C=O) groups is 3. The molecule has 6 atom stereocenters. The fourth-order valence-corrected chi connectivity index (χ4v) is 7.09. The number of nitriles is 1. The molecule has 0 aromatic heterocycles. The van der Waals surface area contributed by atoms with E-state index in [4.69, 9.17) is 4.74 Å². The fourth-order valence-electron chi connectivity index (χ4n) is 7.09. The minimum atomic E-state index is -0.686. The standard InChI is InChI=1S/C30H39FN4O4/c1-30(2,3)39-29(38)35-23-7-5-20(14-23)27(35)26(36)13-18(16-32)12-19-4-6-22(15-25(19)31)34-11-9-24-21(17-34)8-10-33-28(24)37/h4,6,15,18,20-21,23-24,27H,5,7-14,17H2,1-3H3,(H,33,37)/t18-,20+,21?,23-,24?,27+/m1/s1. The van der Waals surface area contributed by atoms with Crippen LogP contribution in [0.25, 0.3) is 0 Å². The lowest BCUT2D eigenvalue weighted by atomic mass is 9.80. The number of halogens is 1. The lowest BCUT2D eigenvalue weighted by Gasteiger charge is -2.41. The van der Waals surface area contributed by atoms with Gasteiger partial charge in [0, 0.05) is 43.7 Å². The second-order valence-electron chi connectivity index (χ2n) is 12.7. The minimum absolute atomic E-state index is 0.00242. The highest BCUT2D eigenvalue weighted by Crippen LogP contribution is 2.44. The number of likely N-dealkylation sites (tertiary alicyclic amines) is 1. The molecular weight excluding hydrogens is 499 g/mol. The highest BCUT2D eigenvalue weighted by atomic mass is 19.1. The summed E-state index contributed by atoms with van der Waals surface area (Å²) in [6.45, 7) is 7.52. The molecule has 210 valence electrons. The quantitative estimate of drug-likeness (QED) is 0.582. The van der Waals surface area contributed by atoms with Crippen LogP contribution >= 0.6 is 0 Å². The van der Waals surface area contributed by atoms with Gasteiger partial charge in [0.2, 0.25) is 5.91 Å². The van der Waals surface area contributed by atoms with Crippen LogP contribution in [0.1, 0.15) is 64.9 Å². The number of ketones is 1. The van der Waals surface area contributed by atoms with Gasteiger partial charge in [-0.3, -0.25) is 14.5 Å². The summed E-state index contributed by atoms with van der Waals surface area (Å²) in [6.07, 6.45) is 3.84. The molecule has 0 radical (unpaired) electrons. The van der Waals surface area contributed by atoms with Crippen LogP contribution in [0.15, 0.2) is 18.2 Å². The number of Topliss-reactive ketones (excluding diaryl/α,β-unsaturated/α-hetero) is 1. The highest BCUT2D eigenvalue weighted by Gasteiger charge is 2.52. The van der Waals surface area contributed by atoms with E-state index < -0.39 is 23.7 Å². The minimum Gasteiger partial charge on any atom is -0.444 e. The van der Waals surface area contributed by atoms with Crippen molar-refractivity contribution in [3.63, 3.8) is 0 Å². The van der Waals surface area contributed by atoms with Crippen LogP contribution in [-0.4, -0.2) is 60.0 Å². The summed E-state index contributed by atoms with van der Waals surface area (Å²) in [4.78, 5) is 42.2. The predicted octanol–water partition coefficient (Wildman–Crippen LogP) is 4.22. The second-order valence-corrected chi connectivity index (χ2v) is 12.7. The molecule has 39 heavy (non-hydrogen) atoms. The summed E-state index contributed by atoms with van der Waals surface area (Å²) in [6, 6.07) is 6.72. The zero-order valence-corrected chi connectivity index (χ0v) is 23.1. The van der Waals surface area contributed by atoms with Gasteiger partial charge in [-0.05, 0) is 88.8 Å². The van der Waals surface area contributed by atoms with Gasteiger partial charge in [-0.2, -0.15) is 5.26 Å². The van der Waals surface area contributed by atoms with Crippen LogP contribution in [0.2, 0.25) is 0 Å². The molecule has 2 unspecified atom stereocenters. The number of nitrogens with one attached hydrogen (secondary N) is 1. The van der Waals surface area contributed by atoms with E-state index in [1.54, 1.807) is 31.7 Å². The van der Waals surface area contributed by atoms with E-state index in [1.807, 2.05) is 6.07 Å². The molecule has 1 N–H and O–H groups in total. The monoisotopic (exact) mass is 538 g/mol. The highest BCUT2D eigenvalue weighted by molar-refractivity contribution is 5.89. The molecule has 1 aromatic rings. The molecule has 1 saturated carbocycles. The Bertz CT molecular complexity index is 1170. The Morgan fingerprint density at radius 2 is 2.00 bits per heavy atom. The van der Waals surface area contributed by atoms with Crippen LogP contribution in [0.3, 0.4) is 0 Å². The van der Waals surface area contributed by atoms with Gasteiger partial charge in [0.1, 0.15) is 11.4 Å². The molecular formula is C30H39FN4O4. The summed E-state index contributed by atoms with van der Waals surface area (Å²) in [7, 11) is 0. The van der Waals surface area contributed by atoms with Crippen LogP contribution in [0.5, 0.6) is 0 Å². The molecule has 0 spiro atoms. The normalized spacial score (nSPS) is 28.9. The lowest BCUT2D eigenvalue weighted by molar-refractivity contribution is -0.129. The summed E-state index contributed by atoms with van der Waals surface area (Å²) in [5, 5.41) is 12.8. The van der Waals surface area contributed by atoms with Crippen molar-refractivity contribution >= 4 is 23.5 Å². The van der Waals surface area contributed by atoms with E-state index in [0.29, 0.717) is 18.7 Å².